The van der Waals surface area contributed by atoms with Gasteiger partial charge in [0.25, 0.3) is 0 Å². The van der Waals surface area contributed by atoms with E-state index >= 15 is 0 Å². The van der Waals surface area contributed by atoms with E-state index in [0.717, 1.165) is 35.3 Å². The highest BCUT2D eigenvalue weighted by Gasteiger charge is 2.07. The summed E-state index contributed by atoms with van der Waals surface area (Å²) >= 11 is 3.54. The average Bonchev–Trinajstić information content (AvgIpc) is 2.45. The largest absolute Gasteiger partial charge is 0.490 e. The summed E-state index contributed by atoms with van der Waals surface area (Å²) in [5, 5.41) is 3.39. The van der Waals surface area contributed by atoms with Crippen LogP contribution in [-0.2, 0) is 16.0 Å². The second-order valence-corrected chi connectivity index (χ2v) is 5.21. The van der Waals surface area contributed by atoms with Crippen LogP contribution in [0.1, 0.15) is 18.9 Å². The molecule has 0 heterocycles. The molecule has 0 aliphatic carbocycles. The highest BCUT2D eigenvalue weighted by Crippen LogP contribution is 2.29. The van der Waals surface area contributed by atoms with Crippen LogP contribution < -0.4 is 10.1 Å². The Balaban J connectivity index is 2.41. The van der Waals surface area contributed by atoms with Gasteiger partial charge < -0.3 is 19.5 Å². The predicted molar refractivity (Wildman–Crippen MR) is 84.3 cm³/mol. The fraction of sp³-hybridized carbons (Fsp3) is 0.600. The molecule has 0 atom stereocenters. The first-order valence-corrected chi connectivity index (χ1v) is 7.76. The zero-order valence-corrected chi connectivity index (χ0v) is 13.9. The van der Waals surface area contributed by atoms with Gasteiger partial charge in [0.2, 0.25) is 0 Å². The van der Waals surface area contributed by atoms with Crippen molar-refractivity contribution < 1.29 is 14.2 Å². The zero-order chi connectivity index (χ0) is 14.6. The van der Waals surface area contributed by atoms with Crippen molar-refractivity contribution >= 4 is 15.9 Å². The number of halogens is 1. The summed E-state index contributed by atoms with van der Waals surface area (Å²) in [4.78, 5) is 0. The molecule has 0 saturated heterocycles. The van der Waals surface area contributed by atoms with Crippen LogP contribution in [0.3, 0.4) is 0 Å². The Labute approximate surface area is 129 Å². The predicted octanol–water partition coefficient (Wildman–Crippen LogP) is 2.99. The Bertz CT molecular complexity index is 374. The van der Waals surface area contributed by atoms with Gasteiger partial charge in [0.15, 0.2) is 0 Å². The molecule has 0 aliphatic rings. The second-order valence-electron chi connectivity index (χ2n) is 4.36. The van der Waals surface area contributed by atoms with E-state index in [9.17, 15) is 0 Å². The highest BCUT2D eigenvalue weighted by molar-refractivity contribution is 9.10. The maximum atomic E-state index is 5.83. The van der Waals surface area contributed by atoms with Crippen LogP contribution in [-0.4, -0.2) is 40.1 Å². The summed E-state index contributed by atoms with van der Waals surface area (Å²) in [6.07, 6.45) is 1.12. The molecule has 0 fully saturated rings. The van der Waals surface area contributed by atoms with E-state index < -0.39 is 0 Å². The van der Waals surface area contributed by atoms with E-state index in [4.69, 9.17) is 14.2 Å². The number of nitrogens with one attached hydrogen (secondary N) is 1. The van der Waals surface area contributed by atoms with E-state index in [1.165, 1.54) is 0 Å². The average molecular weight is 346 g/mol. The number of hydrogen-bond donors (Lipinski definition) is 1. The zero-order valence-electron chi connectivity index (χ0n) is 12.3. The van der Waals surface area contributed by atoms with Crippen LogP contribution in [0.4, 0.5) is 0 Å². The van der Waals surface area contributed by atoms with Crippen molar-refractivity contribution in [2.24, 2.45) is 0 Å². The Morgan fingerprint density at radius 3 is 2.70 bits per heavy atom. The molecule has 1 aromatic rings. The number of ether oxygens (including phenoxy) is 3. The van der Waals surface area contributed by atoms with E-state index in [2.05, 4.69) is 34.2 Å². The van der Waals surface area contributed by atoms with Gasteiger partial charge in [0.05, 0.1) is 24.3 Å². The molecule has 1 N–H and O–H groups in total. The summed E-state index contributed by atoms with van der Waals surface area (Å²) in [6.45, 7) is 6.28. The van der Waals surface area contributed by atoms with Crippen LogP contribution in [0.5, 0.6) is 5.75 Å². The quantitative estimate of drug-likeness (QED) is 0.626. The number of para-hydroxylation sites is 1. The molecule has 0 saturated carbocycles. The molecule has 0 unspecified atom stereocenters. The molecular formula is C15H24BrNO3. The molecule has 0 aliphatic heterocycles. The standard InChI is InChI=1S/C15H24BrNO3/c1-3-7-17-12-13-5-4-6-14(16)15(13)20-11-10-19-9-8-18-2/h4-6,17H,3,7-12H2,1-2H3. The van der Waals surface area contributed by atoms with Gasteiger partial charge in [-0.25, -0.2) is 0 Å². The summed E-state index contributed by atoms with van der Waals surface area (Å²) in [7, 11) is 1.66. The van der Waals surface area contributed by atoms with Crippen LogP contribution in [0.25, 0.3) is 0 Å². The lowest BCUT2D eigenvalue weighted by molar-refractivity contribution is 0.0541. The molecule has 20 heavy (non-hydrogen) atoms. The van der Waals surface area contributed by atoms with Crippen molar-refractivity contribution in [3.8, 4) is 5.75 Å². The van der Waals surface area contributed by atoms with E-state index in [-0.39, 0.29) is 0 Å². The normalized spacial score (nSPS) is 10.8. The first-order valence-electron chi connectivity index (χ1n) is 6.97. The third-order valence-electron chi connectivity index (χ3n) is 2.70. The molecule has 0 spiro atoms. The molecule has 1 aromatic carbocycles. The maximum Gasteiger partial charge on any atom is 0.138 e. The lowest BCUT2D eigenvalue weighted by Gasteiger charge is -2.14. The minimum Gasteiger partial charge on any atom is -0.490 e. The van der Waals surface area contributed by atoms with E-state index in [0.29, 0.717) is 26.4 Å². The third kappa shape index (κ3) is 6.70. The van der Waals surface area contributed by atoms with Gasteiger partial charge in [-0.15, -0.1) is 0 Å². The number of rotatable bonds is 11. The van der Waals surface area contributed by atoms with Crippen molar-refractivity contribution in [3.63, 3.8) is 0 Å². The third-order valence-corrected chi connectivity index (χ3v) is 3.32. The SMILES string of the molecule is CCCNCc1cccc(Br)c1OCCOCCOC. The molecule has 1 rings (SSSR count). The smallest absolute Gasteiger partial charge is 0.138 e. The van der Waals surface area contributed by atoms with Gasteiger partial charge >= 0.3 is 0 Å². The molecule has 0 aromatic heterocycles. The monoisotopic (exact) mass is 345 g/mol. The van der Waals surface area contributed by atoms with Crippen LogP contribution in [0, 0.1) is 0 Å². The maximum absolute atomic E-state index is 5.83. The Morgan fingerprint density at radius 2 is 1.95 bits per heavy atom. The van der Waals surface area contributed by atoms with Gasteiger partial charge in [-0.3, -0.25) is 0 Å². The first kappa shape index (κ1) is 17.4. The van der Waals surface area contributed by atoms with Gasteiger partial charge in [-0.2, -0.15) is 0 Å². The van der Waals surface area contributed by atoms with E-state index in [1.807, 2.05) is 12.1 Å². The summed E-state index contributed by atoms with van der Waals surface area (Å²) in [6, 6.07) is 6.09. The first-order chi connectivity index (χ1) is 9.79. The fourth-order valence-electron chi connectivity index (χ4n) is 1.70. The van der Waals surface area contributed by atoms with Crippen molar-refractivity contribution in [1.82, 2.24) is 5.32 Å². The van der Waals surface area contributed by atoms with Gasteiger partial charge in [-0.1, -0.05) is 19.1 Å². The Kier molecular flexibility index (Phi) is 9.66. The molecule has 0 radical (unpaired) electrons. The summed E-state index contributed by atoms with van der Waals surface area (Å²) in [5.41, 5.74) is 1.16. The minimum absolute atomic E-state index is 0.535. The second kappa shape index (κ2) is 11.1. The molecule has 0 bridgehead atoms. The summed E-state index contributed by atoms with van der Waals surface area (Å²) in [5.74, 6) is 0.895. The highest BCUT2D eigenvalue weighted by atomic mass is 79.9. The Morgan fingerprint density at radius 1 is 1.15 bits per heavy atom. The molecule has 114 valence electrons. The van der Waals surface area contributed by atoms with Crippen molar-refractivity contribution in [2.75, 3.05) is 40.1 Å². The minimum atomic E-state index is 0.535. The van der Waals surface area contributed by atoms with Crippen LogP contribution in [0.15, 0.2) is 22.7 Å². The number of benzene rings is 1. The Hall–Kier alpha value is -0.620. The lowest BCUT2D eigenvalue weighted by atomic mass is 10.2. The number of methoxy groups -OCH3 is 1. The van der Waals surface area contributed by atoms with Gasteiger partial charge in [0, 0.05) is 19.2 Å². The molecule has 4 nitrogen and oxygen atoms in total. The van der Waals surface area contributed by atoms with Crippen molar-refractivity contribution in [3.05, 3.63) is 28.2 Å². The van der Waals surface area contributed by atoms with Crippen LogP contribution in [0.2, 0.25) is 0 Å². The van der Waals surface area contributed by atoms with Gasteiger partial charge in [0.1, 0.15) is 12.4 Å². The van der Waals surface area contributed by atoms with Crippen molar-refractivity contribution in [1.29, 1.82) is 0 Å². The number of hydrogen-bond acceptors (Lipinski definition) is 4. The fourth-order valence-corrected chi connectivity index (χ4v) is 2.22. The molecule has 5 heteroatoms. The lowest BCUT2D eigenvalue weighted by Crippen LogP contribution is -2.16. The van der Waals surface area contributed by atoms with E-state index in [1.54, 1.807) is 7.11 Å². The topological polar surface area (TPSA) is 39.7 Å². The summed E-state index contributed by atoms with van der Waals surface area (Å²) < 4.78 is 17.1. The molecule has 0 amide bonds. The van der Waals surface area contributed by atoms with Gasteiger partial charge in [-0.05, 0) is 35.0 Å². The van der Waals surface area contributed by atoms with Crippen LogP contribution >= 0.6 is 15.9 Å². The molecular weight excluding hydrogens is 322 g/mol. The van der Waals surface area contributed by atoms with Crippen molar-refractivity contribution in [2.45, 2.75) is 19.9 Å².